The van der Waals surface area contributed by atoms with Gasteiger partial charge in [0.05, 0.1) is 38.5 Å². The van der Waals surface area contributed by atoms with Gasteiger partial charge in [0, 0.05) is 12.2 Å². The van der Waals surface area contributed by atoms with Gasteiger partial charge in [0.1, 0.15) is 25.9 Å². The van der Waals surface area contributed by atoms with Gasteiger partial charge in [0.2, 0.25) is 0 Å². The van der Waals surface area contributed by atoms with Crippen molar-refractivity contribution in [2.75, 3.05) is 46.1 Å². The van der Waals surface area contributed by atoms with Gasteiger partial charge >= 0.3 is 24.1 Å². The third kappa shape index (κ3) is 18.2. The third-order valence-electron chi connectivity index (χ3n) is 3.55. The minimum atomic E-state index is -0.660. The molecule has 0 heterocycles. The first-order chi connectivity index (χ1) is 15.7. The number of carbonyl (C=O) groups is 4. The lowest BCUT2D eigenvalue weighted by atomic mass is 10.4. The Morgan fingerprint density at radius 2 is 1.15 bits per heavy atom. The van der Waals surface area contributed by atoms with Gasteiger partial charge in [0.15, 0.2) is 0 Å². The van der Waals surface area contributed by atoms with Gasteiger partial charge in [-0.15, -0.1) is 0 Å². The van der Waals surface area contributed by atoms with Crippen molar-refractivity contribution in [2.24, 2.45) is 0 Å². The second kappa shape index (κ2) is 18.5. The molecule has 0 aliphatic rings. The summed E-state index contributed by atoms with van der Waals surface area (Å²) in [6.45, 7) is 12.3. The molecule has 3 atom stereocenters. The van der Waals surface area contributed by atoms with Crippen LogP contribution in [0.4, 0.5) is 9.59 Å². The highest BCUT2D eigenvalue weighted by Crippen LogP contribution is 2.01. The molecule has 3 unspecified atom stereocenters. The summed E-state index contributed by atoms with van der Waals surface area (Å²) in [5, 5.41) is 4.87. The van der Waals surface area contributed by atoms with Crippen LogP contribution in [0.3, 0.4) is 0 Å². The lowest BCUT2D eigenvalue weighted by Crippen LogP contribution is -2.34. The first-order valence-electron chi connectivity index (χ1n) is 10.3. The Labute approximate surface area is 193 Å². The van der Waals surface area contributed by atoms with E-state index in [9.17, 15) is 19.2 Å². The van der Waals surface area contributed by atoms with Gasteiger partial charge in [-0.05, 0) is 20.8 Å². The van der Waals surface area contributed by atoms with Gasteiger partial charge in [0.25, 0.3) is 0 Å². The van der Waals surface area contributed by atoms with Gasteiger partial charge in [-0.1, -0.05) is 13.2 Å². The summed E-state index contributed by atoms with van der Waals surface area (Å²) in [6, 6.07) is 0. The Morgan fingerprint density at radius 1 is 0.697 bits per heavy atom. The molecule has 0 saturated heterocycles. The van der Waals surface area contributed by atoms with Crippen molar-refractivity contribution in [1.29, 1.82) is 0 Å². The molecule has 0 aromatic carbocycles. The normalized spacial score (nSPS) is 12.9. The summed E-state index contributed by atoms with van der Waals surface area (Å²) in [7, 11) is 0. The molecule has 0 fully saturated rings. The summed E-state index contributed by atoms with van der Waals surface area (Å²) in [5.41, 5.74) is 0. The fourth-order valence-electron chi connectivity index (χ4n) is 1.93. The molecule has 12 nitrogen and oxygen atoms in total. The fourth-order valence-corrected chi connectivity index (χ4v) is 1.93. The Bertz CT molecular complexity index is 641. The van der Waals surface area contributed by atoms with Crippen LogP contribution in [0, 0.1) is 0 Å². The Balaban J connectivity index is 3.82. The number of alkyl carbamates (subject to hydrolysis) is 2. The van der Waals surface area contributed by atoms with E-state index in [0.29, 0.717) is 0 Å². The van der Waals surface area contributed by atoms with E-state index in [0.717, 1.165) is 12.2 Å². The molecule has 0 rings (SSSR count). The quantitative estimate of drug-likeness (QED) is 0.136. The number of nitrogens with one attached hydrogen (secondary N) is 2. The van der Waals surface area contributed by atoms with Gasteiger partial charge < -0.3 is 39.1 Å². The molecule has 12 heteroatoms. The van der Waals surface area contributed by atoms with Crippen LogP contribution in [0.15, 0.2) is 25.3 Å². The van der Waals surface area contributed by atoms with Crippen molar-refractivity contribution in [3.8, 4) is 0 Å². The predicted molar refractivity (Wildman–Crippen MR) is 116 cm³/mol. The Hall–Kier alpha value is -3.12. The lowest BCUT2D eigenvalue weighted by molar-refractivity contribution is -0.138. The number of amides is 2. The van der Waals surface area contributed by atoms with Crippen LogP contribution >= 0.6 is 0 Å². The summed E-state index contributed by atoms with van der Waals surface area (Å²) < 4.78 is 30.7. The van der Waals surface area contributed by atoms with E-state index >= 15 is 0 Å². The molecule has 0 aliphatic carbocycles. The molecule has 0 bridgehead atoms. The van der Waals surface area contributed by atoms with E-state index in [1.807, 2.05) is 0 Å². The van der Waals surface area contributed by atoms with Crippen molar-refractivity contribution < 1.29 is 47.6 Å². The first kappa shape index (κ1) is 29.9. The van der Waals surface area contributed by atoms with Crippen LogP contribution in [-0.2, 0) is 38.0 Å². The molecule has 188 valence electrons. The van der Waals surface area contributed by atoms with Crippen molar-refractivity contribution in [1.82, 2.24) is 10.6 Å². The molecule has 2 N–H and O–H groups in total. The smallest absolute Gasteiger partial charge is 0.407 e. The van der Waals surface area contributed by atoms with Crippen molar-refractivity contribution >= 4 is 24.1 Å². The zero-order valence-electron chi connectivity index (χ0n) is 19.3. The van der Waals surface area contributed by atoms with Crippen LogP contribution < -0.4 is 10.6 Å². The van der Waals surface area contributed by atoms with Crippen LogP contribution in [0.2, 0.25) is 0 Å². The standard InChI is InChI=1S/C21H34N2O10/c1-6-18(24)28-10-8-22-20(26)32-13-16(4)30-12-15(3)31-14-17(5)33-21(27)23-9-11-29-19(25)7-2/h6-7,15-17H,1-2,8-14H2,3-5H3,(H,22,26)(H,23,27). The van der Waals surface area contributed by atoms with Crippen LogP contribution in [0.1, 0.15) is 20.8 Å². The molecule has 33 heavy (non-hydrogen) atoms. The minimum Gasteiger partial charge on any atom is -0.461 e. The summed E-state index contributed by atoms with van der Waals surface area (Å²) >= 11 is 0. The Morgan fingerprint density at radius 3 is 1.67 bits per heavy atom. The lowest BCUT2D eigenvalue weighted by Gasteiger charge is -2.20. The SMILES string of the molecule is C=CC(=O)OCCNC(=O)OCC(C)OCC(C)OCC(C)OC(=O)NCCOC(=O)C=C. The topological polar surface area (TPSA) is 148 Å². The molecule has 0 aliphatic heterocycles. The molecular formula is C21H34N2O10. The van der Waals surface area contributed by atoms with Gasteiger partial charge in [-0.2, -0.15) is 0 Å². The van der Waals surface area contributed by atoms with E-state index in [2.05, 4.69) is 23.8 Å². The molecule has 2 amide bonds. The monoisotopic (exact) mass is 474 g/mol. The van der Waals surface area contributed by atoms with Crippen molar-refractivity contribution in [3.05, 3.63) is 25.3 Å². The van der Waals surface area contributed by atoms with E-state index < -0.39 is 30.2 Å². The van der Waals surface area contributed by atoms with Gasteiger partial charge in [-0.25, -0.2) is 19.2 Å². The van der Waals surface area contributed by atoms with Crippen LogP contribution in [0.25, 0.3) is 0 Å². The molecule has 0 radical (unpaired) electrons. The van der Waals surface area contributed by atoms with Crippen molar-refractivity contribution in [2.45, 2.75) is 39.1 Å². The van der Waals surface area contributed by atoms with Crippen LogP contribution in [0.5, 0.6) is 0 Å². The maximum absolute atomic E-state index is 11.6. The maximum atomic E-state index is 11.6. The first-order valence-corrected chi connectivity index (χ1v) is 10.3. The van der Waals surface area contributed by atoms with Crippen molar-refractivity contribution in [3.63, 3.8) is 0 Å². The molecule has 0 aromatic rings. The second-order valence-electron chi connectivity index (χ2n) is 6.70. The predicted octanol–water partition coefficient (Wildman–Crippen LogP) is 1.10. The molecule has 0 saturated carbocycles. The fraction of sp³-hybridized carbons (Fsp3) is 0.619. The number of esters is 2. The maximum Gasteiger partial charge on any atom is 0.407 e. The summed E-state index contributed by atoms with van der Waals surface area (Å²) in [4.78, 5) is 44.9. The van der Waals surface area contributed by atoms with E-state index in [1.165, 1.54) is 0 Å². The average molecular weight is 475 g/mol. The number of ether oxygens (including phenoxy) is 6. The highest BCUT2D eigenvalue weighted by Gasteiger charge is 2.14. The highest BCUT2D eigenvalue weighted by atomic mass is 16.6. The minimum absolute atomic E-state index is 0.00786. The van der Waals surface area contributed by atoms with E-state index in [4.69, 9.17) is 28.4 Å². The second-order valence-corrected chi connectivity index (χ2v) is 6.70. The largest absolute Gasteiger partial charge is 0.461 e. The average Bonchev–Trinajstić information content (AvgIpc) is 2.79. The highest BCUT2D eigenvalue weighted by molar-refractivity contribution is 5.81. The Kier molecular flexibility index (Phi) is 16.7. The zero-order chi connectivity index (χ0) is 25.1. The summed E-state index contributed by atoms with van der Waals surface area (Å²) in [5.74, 6) is -1.15. The molecular weight excluding hydrogens is 440 g/mol. The van der Waals surface area contributed by atoms with E-state index in [-0.39, 0.29) is 58.3 Å². The molecule has 0 aromatic heterocycles. The van der Waals surface area contributed by atoms with Crippen LogP contribution in [-0.4, -0.2) is 88.6 Å². The number of rotatable bonds is 17. The number of hydrogen-bond acceptors (Lipinski definition) is 10. The van der Waals surface area contributed by atoms with E-state index in [1.54, 1.807) is 20.8 Å². The number of carbonyl (C=O) groups excluding carboxylic acids is 4. The zero-order valence-corrected chi connectivity index (χ0v) is 19.3. The van der Waals surface area contributed by atoms with Gasteiger partial charge in [-0.3, -0.25) is 0 Å². The summed E-state index contributed by atoms with van der Waals surface area (Å²) in [6.07, 6.45) is -0.454. The number of hydrogen-bond donors (Lipinski definition) is 2. The third-order valence-corrected chi connectivity index (χ3v) is 3.55. The molecule has 0 spiro atoms.